The second-order valence-corrected chi connectivity index (χ2v) is 6.27. The van der Waals surface area contributed by atoms with Crippen LogP contribution < -0.4 is 16.4 Å². The highest BCUT2D eigenvalue weighted by atomic mass is 19.2. The molecule has 0 saturated heterocycles. The van der Waals surface area contributed by atoms with Crippen molar-refractivity contribution in [3.63, 3.8) is 0 Å². The summed E-state index contributed by atoms with van der Waals surface area (Å²) in [6.45, 7) is 2.01. The van der Waals surface area contributed by atoms with Crippen molar-refractivity contribution in [1.29, 1.82) is 0 Å². The van der Waals surface area contributed by atoms with Crippen molar-refractivity contribution in [3.05, 3.63) is 75.7 Å². The summed E-state index contributed by atoms with van der Waals surface area (Å²) in [6.07, 6.45) is 0.120. The molecule has 0 unspecified atom stereocenters. The smallest absolute Gasteiger partial charge is 0.273 e. The van der Waals surface area contributed by atoms with E-state index in [0.717, 1.165) is 12.1 Å². The third-order valence-electron chi connectivity index (χ3n) is 4.32. The molecular weight excluding hydrogens is 382 g/mol. The molecule has 0 fully saturated rings. The molecule has 1 aromatic heterocycles. The van der Waals surface area contributed by atoms with Crippen LogP contribution in [0.2, 0.25) is 0 Å². The summed E-state index contributed by atoms with van der Waals surface area (Å²) in [5.74, 6) is -3.14. The topological polar surface area (TPSA) is 93.1 Å². The Kier molecular flexibility index (Phi) is 5.96. The number of rotatable bonds is 5. The molecule has 150 valence electrons. The van der Waals surface area contributed by atoms with E-state index in [4.69, 9.17) is 0 Å². The Morgan fingerprint density at radius 1 is 1.03 bits per heavy atom. The maximum absolute atomic E-state index is 13.2. The van der Waals surface area contributed by atoms with Gasteiger partial charge in [-0.05, 0) is 37.1 Å². The van der Waals surface area contributed by atoms with Crippen molar-refractivity contribution in [1.82, 2.24) is 20.6 Å². The Balaban J connectivity index is 1.67. The van der Waals surface area contributed by atoms with Crippen molar-refractivity contribution < 1.29 is 18.4 Å². The van der Waals surface area contributed by atoms with Crippen LogP contribution in [0.1, 0.15) is 29.4 Å². The molecular formula is C20H18F2N4O3. The molecule has 3 aromatic rings. The first-order valence-electron chi connectivity index (χ1n) is 8.93. The molecule has 0 aliphatic heterocycles. The second kappa shape index (κ2) is 8.59. The van der Waals surface area contributed by atoms with E-state index in [0.29, 0.717) is 16.3 Å². The first kappa shape index (κ1) is 20.1. The third kappa shape index (κ3) is 4.45. The predicted octanol–water partition coefficient (Wildman–Crippen LogP) is 2.09. The maximum atomic E-state index is 13.2. The third-order valence-corrected chi connectivity index (χ3v) is 4.32. The molecule has 3 rings (SSSR count). The van der Waals surface area contributed by atoms with Crippen LogP contribution in [0.25, 0.3) is 10.8 Å². The minimum Gasteiger partial charge on any atom is -0.273 e. The number of carbonyl (C=O) groups excluding carboxylic acids is 2. The molecule has 0 bridgehead atoms. The van der Waals surface area contributed by atoms with Gasteiger partial charge >= 0.3 is 0 Å². The molecule has 2 aromatic carbocycles. The number of hydrogen-bond acceptors (Lipinski definition) is 4. The molecule has 0 aliphatic carbocycles. The maximum Gasteiger partial charge on any atom is 0.290 e. The highest BCUT2D eigenvalue weighted by molar-refractivity contribution is 6.05. The van der Waals surface area contributed by atoms with Crippen LogP contribution >= 0.6 is 0 Å². The Morgan fingerprint density at radius 3 is 2.45 bits per heavy atom. The summed E-state index contributed by atoms with van der Waals surface area (Å²) in [6, 6.07) is 9.96. The second-order valence-electron chi connectivity index (χ2n) is 6.27. The number of fused-ring (bicyclic) bond motifs is 1. The fraction of sp³-hybridized carbons (Fsp3) is 0.200. The van der Waals surface area contributed by atoms with Gasteiger partial charge in [-0.3, -0.25) is 25.2 Å². The summed E-state index contributed by atoms with van der Waals surface area (Å²) in [5.41, 5.74) is 4.67. The van der Waals surface area contributed by atoms with Crippen molar-refractivity contribution in [3.8, 4) is 0 Å². The number of nitrogens with one attached hydrogen (secondary N) is 2. The molecule has 9 heteroatoms. The Labute approximate surface area is 164 Å². The van der Waals surface area contributed by atoms with Gasteiger partial charge in [-0.15, -0.1) is 0 Å². The van der Waals surface area contributed by atoms with Crippen LogP contribution in [-0.2, 0) is 17.8 Å². The van der Waals surface area contributed by atoms with Crippen molar-refractivity contribution in [2.75, 3.05) is 0 Å². The average Bonchev–Trinajstić information content (AvgIpc) is 2.73. The normalized spacial score (nSPS) is 10.7. The summed E-state index contributed by atoms with van der Waals surface area (Å²) in [5, 5.41) is 4.79. The number of carbonyl (C=O) groups is 2. The zero-order valence-electron chi connectivity index (χ0n) is 15.5. The lowest BCUT2D eigenvalue weighted by molar-refractivity contribution is -0.121. The number of amides is 2. The number of nitrogens with zero attached hydrogens (tertiary/aromatic N) is 2. The Morgan fingerprint density at radius 2 is 1.76 bits per heavy atom. The molecule has 29 heavy (non-hydrogen) atoms. The molecule has 0 radical (unpaired) electrons. The molecule has 0 spiro atoms. The van der Waals surface area contributed by atoms with Gasteiger partial charge in [0.2, 0.25) is 5.91 Å². The lowest BCUT2D eigenvalue weighted by Gasteiger charge is -2.11. The summed E-state index contributed by atoms with van der Waals surface area (Å²) < 4.78 is 27.3. The van der Waals surface area contributed by atoms with Gasteiger partial charge < -0.3 is 0 Å². The van der Waals surface area contributed by atoms with Gasteiger partial charge in [-0.1, -0.05) is 24.3 Å². The van der Waals surface area contributed by atoms with Crippen LogP contribution in [0, 0.1) is 11.6 Å². The average molecular weight is 400 g/mol. The number of aromatic nitrogens is 2. The van der Waals surface area contributed by atoms with E-state index in [-0.39, 0.29) is 30.6 Å². The van der Waals surface area contributed by atoms with E-state index >= 15 is 0 Å². The van der Waals surface area contributed by atoms with Crippen LogP contribution in [0.4, 0.5) is 8.78 Å². The van der Waals surface area contributed by atoms with Gasteiger partial charge in [-0.25, -0.2) is 13.5 Å². The zero-order valence-corrected chi connectivity index (χ0v) is 15.5. The quantitative estimate of drug-likeness (QED) is 0.642. The lowest BCUT2D eigenvalue weighted by Crippen LogP contribution is -2.42. The molecule has 2 N–H and O–H groups in total. The number of benzene rings is 2. The molecule has 0 aliphatic rings. The van der Waals surface area contributed by atoms with E-state index in [1.807, 2.05) is 0 Å². The van der Waals surface area contributed by atoms with Crippen molar-refractivity contribution >= 4 is 22.6 Å². The SMILES string of the molecule is CCn1nc(C(=O)NNC(=O)CCc2ccc(F)c(F)c2)c2ccccc2c1=O. The van der Waals surface area contributed by atoms with Gasteiger partial charge in [0.05, 0.1) is 5.39 Å². The van der Waals surface area contributed by atoms with Gasteiger partial charge in [0.1, 0.15) is 0 Å². The Bertz CT molecular complexity index is 1140. The van der Waals surface area contributed by atoms with E-state index in [1.165, 1.54) is 10.7 Å². The van der Waals surface area contributed by atoms with E-state index < -0.39 is 23.4 Å². The van der Waals surface area contributed by atoms with Crippen LogP contribution in [0.5, 0.6) is 0 Å². The minimum absolute atomic E-state index is 0.00274. The monoisotopic (exact) mass is 400 g/mol. The largest absolute Gasteiger partial charge is 0.290 e. The fourth-order valence-electron chi connectivity index (χ4n) is 2.82. The lowest BCUT2D eigenvalue weighted by atomic mass is 10.1. The molecule has 0 saturated carbocycles. The van der Waals surface area contributed by atoms with Gasteiger partial charge in [0, 0.05) is 18.4 Å². The van der Waals surface area contributed by atoms with Crippen molar-refractivity contribution in [2.24, 2.45) is 0 Å². The fourth-order valence-corrected chi connectivity index (χ4v) is 2.82. The summed E-state index contributed by atoms with van der Waals surface area (Å²) in [4.78, 5) is 36.8. The minimum atomic E-state index is -0.986. The van der Waals surface area contributed by atoms with Crippen LogP contribution in [0.15, 0.2) is 47.3 Å². The highest BCUT2D eigenvalue weighted by Gasteiger charge is 2.16. The first-order valence-corrected chi connectivity index (χ1v) is 8.93. The van der Waals surface area contributed by atoms with Crippen molar-refractivity contribution in [2.45, 2.75) is 26.3 Å². The van der Waals surface area contributed by atoms with Gasteiger partial charge in [0.15, 0.2) is 17.3 Å². The first-order chi connectivity index (χ1) is 13.9. The van der Waals surface area contributed by atoms with E-state index in [1.54, 1.807) is 31.2 Å². The highest BCUT2D eigenvalue weighted by Crippen LogP contribution is 2.13. The Hall–Kier alpha value is -3.62. The van der Waals surface area contributed by atoms with E-state index in [9.17, 15) is 23.2 Å². The summed E-state index contributed by atoms with van der Waals surface area (Å²) >= 11 is 0. The van der Waals surface area contributed by atoms with Crippen LogP contribution in [0.3, 0.4) is 0 Å². The molecule has 0 atom stereocenters. The van der Waals surface area contributed by atoms with E-state index in [2.05, 4.69) is 16.0 Å². The molecule has 7 nitrogen and oxygen atoms in total. The predicted molar refractivity (Wildman–Crippen MR) is 102 cm³/mol. The van der Waals surface area contributed by atoms with Gasteiger partial charge in [-0.2, -0.15) is 5.10 Å². The number of halogens is 2. The van der Waals surface area contributed by atoms with Gasteiger partial charge in [0.25, 0.3) is 11.5 Å². The molecule has 2 amide bonds. The zero-order chi connectivity index (χ0) is 21.0. The standard InChI is InChI=1S/C20H18F2N4O3/c1-2-26-20(29)14-6-4-3-5-13(14)18(25-26)19(28)24-23-17(27)10-8-12-7-9-15(21)16(22)11-12/h3-7,9,11H,2,8,10H2,1H3,(H,23,27)(H,24,28). The number of hydrogen-bond donors (Lipinski definition) is 2. The van der Waals surface area contributed by atoms with Crippen LogP contribution in [-0.4, -0.2) is 21.6 Å². The molecule has 1 heterocycles. The summed E-state index contributed by atoms with van der Waals surface area (Å²) in [7, 11) is 0. The number of hydrazine groups is 1. The number of aryl methyl sites for hydroxylation is 2.